The fraction of sp³-hybridized carbons (Fsp3) is 0.375. The Morgan fingerprint density at radius 3 is 2.91 bits per heavy atom. The summed E-state index contributed by atoms with van der Waals surface area (Å²) in [6.07, 6.45) is 2.41. The van der Waals surface area contributed by atoms with E-state index in [1.807, 2.05) is 0 Å². The maximum absolute atomic E-state index is 13.2. The van der Waals surface area contributed by atoms with Crippen LogP contribution in [0.1, 0.15) is 12.8 Å². The number of aliphatic hydroxyl groups is 1. The van der Waals surface area contributed by atoms with Crippen LogP contribution in [-0.4, -0.2) is 46.7 Å². The molecule has 1 amide bonds. The van der Waals surface area contributed by atoms with E-state index in [9.17, 15) is 14.3 Å². The van der Waals surface area contributed by atoms with Crippen molar-refractivity contribution in [2.45, 2.75) is 18.9 Å². The second-order valence-electron chi connectivity index (χ2n) is 5.37. The van der Waals surface area contributed by atoms with Crippen molar-refractivity contribution < 1.29 is 19.0 Å². The van der Waals surface area contributed by atoms with E-state index in [0.29, 0.717) is 42.6 Å². The molecule has 1 aromatic carbocycles. The first-order chi connectivity index (χ1) is 10.6. The minimum absolute atomic E-state index is 0.0768. The second kappa shape index (κ2) is 6.27. The van der Waals surface area contributed by atoms with Gasteiger partial charge in [0, 0.05) is 30.7 Å². The van der Waals surface area contributed by atoms with Crippen molar-refractivity contribution in [3.63, 3.8) is 0 Å². The van der Waals surface area contributed by atoms with Crippen LogP contribution >= 0.6 is 0 Å². The molecule has 0 spiro atoms. The Morgan fingerprint density at radius 2 is 2.14 bits per heavy atom. The lowest BCUT2D eigenvalue weighted by atomic mass is 10.1. The molecule has 1 aliphatic rings. The van der Waals surface area contributed by atoms with Crippen molar-refractivity contribution in [2.24, 2.45) is 0 Å². The number of amides is 1. The molecule has 2 heterocycles. The van der Waals surface area contributed by atoms with Gasteiger partial charge in [0.2, 0.25) is 0 Å². The summed E-state index contributed by atoms with van der Waals surface area (Å²) in [6, 6.07) is 5.92. The van der Waals surface area contributed by atoms with Gasteiger partial charge in [0.1, 0.15) is 11.6 Å². The molecule has 1 fully saturated rings. The Morgan fingerprint density at radius 1 is 1.36 bits per heavy atom. The van der Waals surface area contributed by atoms with Crippen LogP contribution in [0.5, 0.6) is 5.75 Å². The van der Waals surface area contributed by atoms with Crippen LogP contribution in [0.15, 0.2) is 30.5 Å². The van der Waals surface area contributed by atoms with E-state index in [2.05, 4.69) is 4.98 Å². The number of benzene rings is 1. The third-order valence-corrected chi connectivity index (χ3v) is 3.83. The largest absolute Gasteiger partial charge is 0.483 e. The normalized spacial score (nSPS) is 16.0. The molecule has 0 saturated carbocycles. The summed E-state index contributed by atoms with van der Waals surface area (Å²) in [7, 11) is 0. The fourth-order valence-electron chi connectivity index (χ4n) is 2.57. The lowest BCUT2D eigenvalue weighted by Gasteiger charge is -2.29. The van der Waals surface area contributed by atoms with Crippen molar-refractivity contribution in [1.82, 2.24) is 9.88 Å². The Kier molecular flexibility index (Phi) is 4.20. The third-order valence-electron chi connectivity index (χ3n) is 3.83. The van der Waals surface area contributed by atoms with Crippen LogP contribution in [0, 0.1) is 5.82 Å². The SMILES string of the molecule is O=C(COc1ccnc2cc(F)ccc12)N1CCC(O)CC1. The first-order valence-electron chi connectivity index (χ1n) is 7.26. The Labute approximate surface area is 127 Å². The summed E-state index contributed by atoms with van der Waals surface area (Å²) in [5.74, 6) is 0.0365. The molecule has 1 saturated heterocycles. The average Bonchev–Trinajstić information content (AvgIpc) is 2.52. The predicted octanol–water partition coefficient (Wildman–Crippen LogP) is 1.74. The van der Waals surface area contributed by atoms with Gasteiger partial charge in [-0.3, -0.25) is 9.78 Å². The monoisotopic (exact) mass is 304 g/mol. The smallest absolute Gasteiger partial charge is 0.260 e. The number of pyridine rings is 1. The number of likely N-dealkylation sites (tertiary alicyclic amines) is 1. The zero-order valence-corrected chi connectivity index (χ0v) is 12.0. The van der Waals surface area contributed by atoms with Gasteiger partial charge < -0.3 is 14.7 Å². The Bertz CT molecular complexity index is 684. The van der Waals surface area contributed by atoms with Gasteiger partial charge in [-0.2, -0.15) is 0 Å². The van der Waals surface area contributed by atoms with Gasteiger partial charge in [-0.05, 0) is 31.0 Å². The molecule has 0 unspecified atom stereocenters. The molecule has 0 bridgehead atoms. The van der Waals surface area contributed by atoms with Gasteiger partial charge in [0.25, 0.3) is 5.91 Å². The molecular weight excluding hydrogens is 287 g/mol. The highest BCUT2D eigenvalue weighted by Crippen LogP contribution is 2.24. The number of carbonyl (C=O) groups is 1. The number of hydrogen-bond acceptors (Lipinski definition) is 4. The van der Waals surface area contributed by atoms with Gasteiger partial charge in [-0.1, -0.05) is 0 Å². The van der Waals surface area contributed by atoms with Gasteiger partial charge in [0.05, 0.1) is 11.6 Å². The minimum atomic E-state index is -0.361. The van der Waals surface area contributed by atoms with Crippen LogP contribution in [0.3, 0.4) is 0 Å². The predicted molar refractivity (Wildman–Crippen MR) is 79.0 cm³/mol. The highest BCUT2D eigenvalue weighted by Gasteiger charge is 2.21. The maximum Gasteiger partial charge on any atom is 0.260 e. The lowest BCUT2D eigenvalue weighted by molar-refractivity contribution is -0.135. The number of hydrogen-bond donors (Lipinski definition) is 1. The van der Waals surface area contributed by atoms with Crippen LogP contribution in [0.4, 0.5) is 4.39 Å². The summed E-state index contributed by atoms with van der Waals surface area (Å²) in [6.45, 7) is 1.02. The van der Waals surface area contributed by atoms with Gasteiger partial charge in [0.15, 0.2) is 6.61 Å². The summed E-state index contributed by atoms with van der Waals surface area (Å²) >= 11 is 0. The van der Waals surface area contributed by atoms with Gasteiger partial charge >= 0.3 is 0 Å². The van der Waals surface area contributed by atoms with E-state index in [0.717, 1.165) is 0 Å². The van der Waals surface area contributed by atoms with Crippen LogP contribution in [-0.2, 0) is 4.79 Å². The topological polar surface area (TPSA) is 62.7 Å². The number of aromatic nitrogens is 1. The number of ether oxygens (including phenoxy) is 1. The molecule has 0 aliphatic carbocycles. The van der Waals surface area contributed by atoms with Crippen molar-refractivity contribution >= 4 is 16.8 Å². The van der Waals surface area contributed by atoms with Gasteiger partial charge in [-0.25, -0.2) is 4.39 Å². The van der Waals surface area contributed by atoms with E-state index in [1.165, 1.54) is 18.3 Å². The molecule has 116 valence electrons. The Hall–Kier alpha value is -2.21. The Balaban J connectivity index is 1.67. The highest BCUT2D eigenvalue weighted by molar-refractivity contribution is 5.85. The molecule has 6 heteroatoms. The van der Waals surface area contributed by atoms with E-state index in [4.69, 9.17) is 4.74 Å². The summed E-state index contributed by atoms with van der Waals surface area (Å²) in [5, 5.41) is 10.1. The fourth-order valence-corrected chi connectivity index (χ4v) is 2.57. The molecule has 3 rings (SSSR count). The number of nitrogens with zero attached hydrogens (tertiary/aromatic N) is 2. The molecule has 1 aliphatic heterocycles. The van der Waals surface area contributed by atoms with Crippen molar-refractivity contribution in [3.8, 4) is 5.75 Å². The molecule has 2 aromatic rings. The van der Waals surface area contributed by atoms with Crippen LogP contribution < -0.4 is 4.74 Å². The zero-order chi connectivity index (χ0) is 15.5. The van der Waals surface area contributed by atoms with Crippen LogP contribution in [0.2, 0.25) is 0 Å². The number of carbonyl (C=O) groups excluding carboxylic acids is 1. The molecule has 1 N–H and O–H groups in total. The number of piperidine rings is 1. The highest BCUT2D eigenvalue weighted by atomic mass is 19.1. The van der Waals surface area contributed by atoms with E-state index in [-0.39, 0.29) is 24.4 Å². The van der Waals surface area contributed by atoms with Crippen molar-refractivity contribution in [2.75, 3.05) is 19.7 Å². The second-order valence-corrected chi connectivity index (χ2v) is 5.37. The molecule has 5 nitrogen and oxygen atoms in total. The first kappa shape index (κ1) is 14.7. The van der Waals surface area contributed by atoms with E-state index < -0.39 is 0 Å². The quantitative estimate of drug-likeness (QED) is 0.938. The number of halogens is 1. The number of aliphatic hydroxyl groups excluding tert-OH is 1. The van der Waals surface area contributed by atoms with E-state index in [1.54, 1.807) is 17.0 Å². The van der Waals surface area contributed by atoms with Crippen molar-refractivity contribution in [3.05, 3.63) is 36.3 Å². The molecule has 1 aromatic heterocycles. The molecule has 0 radical (unpaired) electrons. The number of rotatable bonds is 3. The third kappa shape index (κ3) is 3.17. The summed E-state index contributed by atoms with van der Waals surface area (Å²) in [4.78, 5) is 17.9. The molecule has 22 heavy (non-hydrogen) atoms. The zero-order valence-electron chi connectivity index (χ0n) is 12.0. The van der Waals surface area contributed by atoms with Crippen molar-refractivity contribution in [1.29, 1.82) is 0 Å². The van der Waals surface area contributed by atoms with Crippen LogP contribution in [0.25, 0.3) is 10.9 Å². The minimum Gasteiger partial charge on any atom is -0.483 e. The first-order valence-corrected chi connectivity index (χ1v) is 7.26. The number of fused-ring (bicyclic) bond motifs is 1. The maximum atomic E-state index is 13.2. The lowest BCUT2D eigenvalue weighted by Crippen LogP contribution is -2.42. The average molecular weight is 304 g/mol. The molecular formula is C16H17FN2O3. The summed E-state index contributed by atoms with van der Waals surface area (Å²) in [5.41, 5.74) is 0.492. The van der Waals surface area contributed by atoms with E-state index >= 15 is 0 Å². The molecule has 0 atom stereocenters. The standard InChI is InChI=1S/C16H17FN2O3/c17-11-1-2-13-14(9-11)18-6-3-15(13)22-10-16(21)19-7-4-12(20)5-8-19/h1-3,6,9,12,20H,4-5,7-8,10H2. The summed E-state index contributed by atoms with van der Waals surface area (Å²) < 4.78 is 18.8. The van der Waals surface area contributed by atoms with Gasteiger partial charge in [-0.15, -0.1) is 0 Å².